The molecule has 2 unspecified atom stereocenters. The smallest absolute Gasteiger partial charge is 0.249 e. The molecule has 6 heteroatoms. The van der Waals surface area contributed by atoms with Gasteiger partial charge in [0.15, 0.2) is 0 Å². The standard InChI is InChI=1S/C15H19N3O3/c1-2-12-15(21)17-13(19)9-18(12)14(20)8-11(16)10-6-4-3-5-7-10/h3-7,11-12H,2,8-9,16H2,1H3,(H,17,19,21). The van der Waals surface area contributed by atoms with Crippen molar-refractivity contribution in [1.82, 2.24) is 10.2 Å². The van der Waals surface area contributed by atoms with E-state index < -0.39 is 23.9 Å². The first kappa shape index (κ1) is 15.2. The van der Waals surface area contributed by atoms with Gasteiger partial charge in [-0.1, -0.05) is 37.3 Å². The quantitative estimate of drug-likeness (QED) is 0.782. The topological polar surface area (TPSA) is 92.5 Å². The number of rotatable bonds is 4. The van der Waals surface area contributed by atoms with E-state index in [0.717, 1.165) is 5.56 Å². The summed E-state index contributed by atoms with van der Waals surface area (Å²) in [5.74, 6) is -1.15. The Hall–Kier alpha value is -2.21. The molecule has 1 aliphatic rings. The normalized spacial score (nSPS) is 20.1. The van der Waals surface area contributed by atoms with Gasteiger partial charge in [0.25, 0.3) is 0 Å². The molecule has 3 amide bonds. The summed E-state index contributed by atoms with van der Waals surface area (Å²) >= 11 is 0. The first-order chi connectivity index (χ1) is 10.0. The minimum absolute atomic E-state index is 0.0705. The van der Waals surface area contributed by atoms with Crippen molar-refractivity contribution < 1.29 is 14.4 Å². The van der Waals surface area contributed by atoms with E-state index in [1.165, 1.54) is 4.90 Å². The van der Waals surface area contributed by atoms with Crippen LogP contribution in [0.3, 0.4) is 0 Å². The molecule has 0 spiro atoms. The van der Waals surface area contributed by atoms with Crippen LogP contribution in [0.25, 0.3) is 0 Å². The zero-order valence-electron chi connectivity index (χ0n) is 11.9. The van der Waals surface area contributed by atoms with E-state index in [4.69, 9.17) is 5.73 Å². The van der Waals surface area contributed by atoms with Crippen molar-refractivity contribution in [1.29, 1.82) is 0 Å². The summed E-state index contributed by atoms with van der Waals surface area (Å²) in [4.78, 5) is 36.9. The molecule has 0 aromatic heterocycles. The average Bonchev–Trinajstić information content (AvgIpc) is 2.47. The lowest BCUT2D eigenvalue weighted by Crippen LogP contribution is -2.59. The maximum Gasteiger partial charge on any atom is 0.249 e. The lowest BCUT2D eigenvalue weighted by atomic mass is 10.0. The minimum atomic E-state index is -0.599. The zero-order valence-corrected chi connectivity index (χ0v) is 11.9. The van der Waals surface area contributed by atoms with Gasteiger partial charge in [0.1, 0.15) is 12.6 Å². The van der Waals surface area contributed by atoms with Gasteiger partial charge in [-0.2, -0.15) is 0 Å². The van der Waals surface area contributed by atoms with Gasteiger partial charge >= 0.3 is 0 Å². The monoisotopic (exact) mass is 289 g/mol. The maximum atomic E-state index is 12.4. The molecule has 0 radical (unpaired) electrons. The van der Waals surface area contributed by atoms with Crippen molar-refractivity contribution in [2.45, 2.75) is 31.8 Å². The number of nitrogens with two attached hydrogens (primary N) is 1. The number of nitrogens with one attached hydrogen (secondary N) is 1. The Morgan fingerprint density at radius 3 is 2.67 bits per heavy atom. The van der Waals surface area contributed by atoms with Crippen LogP contribution in [-0.4, -0.2) is 35.2 Å². The number of carbonyl (C=O) groups excluding carboxylic acids is 3. The molecular weight excluding hydrogens is 270 g/mol. The van der Waals surface area contributed by atoms with Crippen LogP contribution in [0.2, 0.25) is 0 Å². The molecule has 1 fully saturated rings. The number of hydrogen-bond acceptors (Lipinski definition) is 4. The van der Waals surface area contributed by atoms with Crippen LogP contribution in [0.1, 0.15) is 31.4 Å². The van der Waals surface area contributed by atoms with Crippen LogP contribution in [0, 0.1) is 0 Å². The first-order valence-electron chi connectivity index (χ1n) is 6.96. The number of nitrogens with zero attached hydrogens (tertiary/aromatic N) is 1. The fourth-order valence-corrected chi connectivity index (χ4v) is 2.46. The lowest BCUT2D eigenvalue weighted by molar-refractivity contribution is -0.150. The molecule has 3 N–H and O–H groups in total. The Morgan fingerprint density at radius 2 is 2.05 bits per heavy atom. The Balaban J connectivity index is 2.07. The van der Waals surface area contributed by atoms with Gasteiger partial charge in [-0.15, -0.1) is 0 Å². The average molecular weight is 289 g/mol. The third-order valence-corrected chi connectivity index (χ3v) is 3.58. The van der Waals surface area contributed by atoms with Gasteiger partial charge in [-0.05, 0) is 12.0 Å². The maximum absolute atomic E-state index is 12.4. The van der Waals surface area contributed by atoms with Crippen LogP contribution in [0.15, 0.2) is 30.3 Å². The molecule has 1 aromatic rings. The van der Waals surface area contributed by atoms with Crippen molar-refractivity contribution in [3.05, 3.63) is 35.9 Å². The molecular formula is C15H19N3O3. The number of amides is 3. The highest BCUT2D eigenvalue weighted by molar-refractivity contribution is 6.04. The fourth-order valence-electron chi connectivity index (χ4n) is 2.46. The molecule has 1 saturated heterocycles. The number of benzene rings is 1. The van der Waals surface area contributed by atoms with E-state index in [1.807, 2.05) is 30.3 Å². The van der Waals surface area contributed by atoms with Crippen molar-refractivity contribution in [3.63, 3.8) is 0 Å². The zero-order chi connectivity index (χ0) is 15.4. The van der Waals surface area contributed by atoms with Crippen LogP contribution in [0.5, 0.6) is 0 Å². The summed E-state index contributed by atoms with van der Waals surface area (Å²) in [6.07, 6.45) is 0.534. The Labute approximate surface area is 123 Å². The molecule has 21 heavy (non-hydrogen) atoms. The van der Waals surface area contributed by atoms with Crippen molar-refractivity contribution >= 4 is 17.7 Å². The first-order valence-corrected chi connectivity index (χ1v) is 6.96. The lowest BCUT2D eigenvalue weighted by Gasteiger charge is -2.34. The van der Waals surface area contributed by atoms with Gasteiger partial charge in [0.05, 0.1) is 0 Å². The molecule has 6 nitrogen and oxygen atoms in total. The summed E-state index contributed by atoms with van der Waals surface area (Å²) in [5.41, 5.74) is 6.88. The van der Waals surface area contributed by atoms with Crippen LogP contribution >= 0.6 is 0 Å². The molecule has 1 aliphatic heterocycles. The SMILES string of the molecule is CCC1C(=O)NC(=O)CN1C(=O)CC(N)c1ccccc1. The van der Waals surface area contributed by atoms with E-state index in [1.54, 1.807) is 6.92 Å². The Bertz CT molecular complexity index is 544. The molecule has 0 aliphatic carbocycles. The summed E-state index contributed by atoms with van der Waals surface area (Å²) in [6, 6.07) is 8.24. The number of hydrogen-bond donors (Lipinski definition) is 2. The highest BCUT2D eigenvalue weighted by Crippen LogP contribution is 2.17. The van der Waals surface area contributed by atoms with E-state index in [2.05, 4.69) is 5.32 Å². The molecule has 2 rings (SSSR count). The minimum Gasteiger partial charge on any atom is -0.324 e. The molecule has 112 valence electrons. The summed E-state index contributed by atoms with van der Waals surface area (Å²) in [7, 11) is 0. The summed E-state index contributed by atoms with van der Waals surface area (Å²) in [5, 5.41) is 2.25. The van der Waals surface area contributed by atoms with Crippen LogP contribution in [0.4, 0.5) is 0 Å². The van der Waals surface area contributed by atoms with E-state index >= 15 is 0 Å². The molecule has 0 saturated carbocycles. The molecule has 1 heterocycles. The van der Waals surface area contributed by atoms with Gasteiger partial charge in [-0.25, -0.2) is 0 Å². The van der Waals surface area contributed by atoms with Crippen molar-refractivity contribution in [3.8, 4) is 0 Å². The molecule has 1 aromatic carbocycles. The second kappa shape index (κ2) is 6.49. The van der Waals surface area contributed by atoms with Crippen molar-refractivity contribution in [2.75, 3.05) is 6.54 Å². The Kier molecular flexibility index (Phi) is 4.70. The highest BCUT2D eigenvalue weighted by atomic mass is 16.2. The van der Waals surface area contributed by atoms with E-state index in [9.17, 15) is 14.4 Å². The highest BCUT2D eigenvalue weighted by Gasteiger charge is 2.35. The van der Waals surface area contributed by atoms with E-state index in [0.29, 0.717) is 6.42 Å². The van der Waals surface area contributed by atoms with Gasteiger partial charge in [0.2, 0.25) is 17.7 Å². The number of piperazine rings is 1. The van der Waals surface area contributed by atoms with Gasteiger partial charge in [0, 0.05) is 12.5 Å². The number of imide groups is 1. The predicted molar refractivity (Wildman–Crippen MR) is 76.9 cm³/mol. The van der Waals surface area contributed by atoms with E-state index in [-0.39, 0.29) is 18.9 Å². The van der Waals surface area contributed by atoms with Gasteiger partial charge < -0.3 is 10.6 Å². The number of carbonyl (C=O) groups is 3. The summed E-state index contributed by atoms with van der Waals surface area (Å²) in [6.45, 7) is 1.71. The third kappa shape index (κ3) is 3.46. The Morgan fingerprint density at radius 1 is 1.38 bits per heavy atom. The van der Waals surface area contributed by atoms with Crippen LogP contribution < -0.4 is 11.1 Å². The fraction of sp³-hybridized carbons (Fsp3) is 0.400. The predicted octanol–water partition coefficient (Wildman–Crippen LogP) is 0.340. The second-order valence-corrected chi connectivity index (χ2v) is 5.08. The molecule has 0 bridgehead atoms. The van der Waals surface area contributed by atoms with Gasteiger partial charge in [-0.3, -0.25) is 19.7 Å². The van der Waals surface area contributed by atoms with Crippen LogP contribution in [-0.2, 0) is 14.4 Å². The molecule has 2 atom stereocenters. The third-order valence-electron chi connectivity index (χ3n) is 3.58. The van der Waals surface area contributed by atoms with Crippen molar-refractivity contribution in [2.24, 2.45) is 5.73 Å². The largest absolute Gasteiger partial charge is 0.324 e. The summed E-state index contributed by atoms with van der Waals surface area (Å²) < 4.78 is 0. The second-order valence-electron chi connectivity index (χ2n) is 5.08.